The Morgan fingerprint density at radius 1 is 1.21 bits per heavy atom. The lowest BCUT2D eigenvalue weighted by Gasteiger charge is -2.37. The van der Waals surface area contributed by atoms with Gasteiger partial charge in [-0.2, -0.15) is 0 Å². The standard InChI is InChI=1S/C18H27N3O3/c1-24-17-16(5-2-9-19-17)14-6-11-20(12-7-14)15-4-3-10-21(13-8-15)18(22)23/h2,5,9,14-15H,3-4,6-8,10-13H2,1H3,(H,22,23)/t15-/m1/s1. The number of amides is 1. The van der Waals surface area contributed by atoms with Crippen LogP contribution < -0.4 is 4.74 Å². The van der Waals surface area contributed by atoms with Crippen LogP contribution in [0.15, 0.2) is 18.3 Å². The van der Waals surface area contributed by atoms with E-state index in [0.29, 0.717) is 25.0 Å². The molecule has 0 saturated carbocycles. The van der Waals surface area contributed by atoms with Gasteiger partial charge in [0.05, 0.1) is 7.11 Å². The van der Waals surface area contributed by atoms with Gasteiger partial charge in [0.15, 0.2) is 0 Å². The minimum Gasteiger partial charge on any atom is -0.481 e. The van der Waals surface area contributed by atoms with Gasteiger partial charge in [0.1, 0.15) is 0 Å². The predicted octanol–water partition coefficient (Wildman–Crippen LogP) is 2.80. The summed E-state index contributed by atoms with van der Waals surface area (Å²) in [6.45, 7) is 3.48. The van der Waals surface area contributed by atoms with Gasteiger partial charge < -0.3 is 19.6 Å². The van der Waals surface area contributed by atoms with Crippen LogP contribution >= 0.6 is 0 Å². The third-order valence-electron chi connectivity index (χ3n) is 5.45. The first-order valence-electron chi connectivity index (χ1n) is 8.90. The SMILES string of the molecule is COc1ncccc1C1CCN([C@@H]2CCCN(C(=O)O)CC2)CC1. The van der Waals surface area contributed by atoms with E-state index >= 15 is 0 Å². The Balaban J connectivity index is 1.56. The molecule has 2 aliphatic rings. The number of hydrogen-bond acceptors (Lipinski definition) is 4. The third-order valence-corrected chi connectivity index (χ3v) is 5.45. The fourth-order valence-electron chi connectivity index (χ4n) is 4.10. The molecule has 0 aliphatic carbocycles. The highest BCUT2D eigenvalue weighted by atomic mass is 16.5. The molecule has 3 heterocycles. The Kier molecular flexibility index (Phi) is 5.56. The highest BCUT2D eigenvalue weighted by Crippen LogP contribution is 2.34. The number of rotatable bonds is 3. The maximum atomic E-state index is 11.1. The van der Waals surface area contributed by atoms with Gasteiger partial charge >= 0.3 is 6.09 Å². The molecule has 0 bridgehead atoms. The van der Waals surface area contributed by atoms with Crippen LogP contribution in [0.1, 0.15) is 43.6 Å². The van der Waals surface area contributed by atoms with E-state index in [0.717, 1.165) is 51.1 Å². The minimum atomic E-state index is -0.780. The summed E-state index contributed by atoms with van der Waals surface area (Å²) in [5.74, 6) is 1.26. The van der Waals surface area contributed by atoms with Gasteiger partial charge in [0.25, 0.3) is 0 Å². The van der Waals surface area contributed by atoms with Crippen LogP contribution in [0, 0.1) is 0 Å². The number of methoxy groups -OCH3 is 1. The van der Waals surface area contributed by atoms with Gasteiger partial charge in [-0.1, -0.05) is 6.07 Å². The van der Waals surface area contributed by atoms with Crippen LogP contribution in [0.3, 0.4) is 0 Å². The molecule has 2 saturated heterocycles. The van der Waals surface area contributed by atoms with Crippen LogP contribution in [-0.2, 0) is 0 Å². The van der Waals surface area contributed by atoms with Gasteiger partial charge in [-0.15, -0.1) is 0 Å². The zero-order chi connectivity index (χ0) is 16.9. The number of likely N-dealkylation sites (tertiary alicyclic amines) is 2. The van der Waals surface area contributed by atoms with Crippen molar-refractivity contribution in [1.29, 1.82) is 0 Å². The molecule has 1 amide bonds. The molecule has 1 aromatic heterocycles. The average Bonchev–Trinajstić information content (AvgIpc) is 2.88. The summed E-state index contributed by atoms with van der Waals surface area (Å²) in [7, 11) is 1.68. The fraction of sp³-hybridized carbons (Fsp3) is 0.667. The van der Waals surface area contributed by atoms with Crippen molar-refractivity contribution >= 4 is 6.09 Å². The molecule has 0 unspecified atom stereocenters. The molecule has 1 N–H and O–H groups in total. The summed E-state index contributed by atoms with van der Waals surface area (Å²) < 4.78 is 5.41. The summed E-state index contributed by atoms with van der Waals surface area (Å²) >= 11 is 0. The highest BCUT2D eigenvalue weighted by Gasteiger charge is 2.29. The Morgan fingerprint density at radius 2 is 2.00 bits per heavy atom. The van der Waals surface area contributed by atoms with E-state index in [9.17, 15) is 4.79 Å². The number of piperidine rings is 1. The molecule has 0 radical (unpaired) electrons. The molecule has 1 aromatic rings. The lowest BCUT2D eigenvalue weighted by Crippen LogP contribution is -2.41. The molecular formula is C18H27N3O3. The van der Waals surface area contributed by atoms with Gasteiger partial charge in [0.2, 0.25) is 5.88 Å². The van der Waals surface area contributed by atoms with Crippen molar-refractivity contribution < 1.29 is 14.6 Å². The normalized spacial score (nSPS) is 23.7. The number of nitrogens with zero attached hydrogens (tertiary/aromatic N) is 3. The summed E-state index contributed by atoms with van der Waals surface area (Å²) in [5.41, 5.74) is 1.22. The fourth-order valence-corrected chi connectivity index (χ4v) is 4.10. The van der Waals surface area contributed by atoms with E-state index in [1.807, 2.05) is 6.07 Å². The molecular weight excluding hydrogens is 306 g/mol. The van der Waals surface area contributed by atoms with Crippen LogP contribution in [0.5, 0.6) is 5.88 Å². The Labute approximate surface area is 143 Å². The Bertz CT molecular complexity index is 558. The van der Waals surface area contributed by atoms with Crippen molar-refractivity contribution in [2.24, 2.45) is 0 Å². The van der Waals surface area contributed by atoms with Gasteiger partial charge in [-0.05, 0) is 57.2 Å². The van der Waals surface area contributed by atoms with Crippen molar-refractivity contribution in [2.45, 2.75) is 44.1 Å². The molecule has 2 fully saturated rings. The van der Waals surface area contributed by atoms with E-state index in [4.69, 9.17) is 9.84 Å². The molecule has 1 atom stereocenters. The molecule has 0 spiro atoms. The zero-order valence-electron chi connectivity index (χ0n) is 14.4. The van der Waals surface area contributed by atoms with Crippen LogP contribution in [0.25, 0.3) is 0 Å². The minimum absolute atomic E-state index is 0.506. The molecule has 2 aliphatic heterocycles. The number of carboxylic acid groups (broad SMARTS) is 1. The zero-order valence-corrected chi connectivity index (χ0v) is 14.4. The summed E-state index contributed by atoms with van der Waals surface area (Å²) in [6, 6.07) is 4.63. The van der Waals surface area contributed by atoms with Gasteiger partial charge in [0, 0.05) is 30.9 Å². The van der Waals surface area contributed by atoms with Gasteiger partial charge in [-0.3, -0.25) is 0 Å². The monoisotopic (exact) mass is 333 g/mol. The van der Waals surface area contributed by atoms with Crippen molar-refractivity contribution in [3.8, 4) is 5.88 Å². The van der Waals surface area contributed by atoms with E-state index in [-0.39, 0.29) is 0 Å². The quantitative estimate of drug-likeness (QED) is 0.921. The maximum absolute atomic E-state index is 11.1. The smallest absolute Gasteiger partial charge is 0.407 e. The number of aromatic nitrogens is 1. The second-order valence-electron chi connectivity index (χ2n) is 6.77. The first-order valence-corrected chi connectivity index (χ1v) is 8.90. The van der Waals surface area contributed by atoms with Crippen molar-refractivity contribution in [2.75, 3.05) is 33.3 Å². The summed E-state index contributed by atoms with van der Waals surface area (Å²) in [4.78, 5) is 19.6. The Hall–Kier alpha value is -1.82. The topological polar surface area (TPSA) is 65.9 Å². The van der Waals surface area contributed by atoms with Gasteiger partial charge in [-0.25, -0.2) is 9.78 Å². The summed E-state index contributed by atoms with van der Waals surface area (Å²) in [6.07, 6.45) is 6.24. The van der Waals surface area contributed by atoms with Crippen LogP contribution in [0.4, 0.5) is 4.79 Å². The number of hydrogen-bond donors (Lipinski definition) is 1. The summed E-state index contributed by atoms with van der Waals surface area (Å²) in [5, 5.41) is 9.16. The lowest BCUT2D eigenvalue weighted by molar-refractivity contribution is 0.131. The van der Waals surface area contributed by atoms with E-state index in [1.165, 1.54) is 5.56 Å². The molecule has 3 rings (SSSR count). The van der Waals surface area contributed by atoms with E-state index < -0.39 is 6.09 Å². The van der Waals surface area contributed by atoms with Crippen molar-refractivity contribution in [3.63, 3.8) is 0 Å². The first kappa shape index (κ1) is 17.0. The predicted molar refractivity (Wildman–Crippen MR) is 91.6 cm³/mol. The number of ether oxygens (including phenoxy) is 1. The molecule has 0 aromatic carbocycles. The average molecular weight is 333 g/mol. The highest BCUT2D eigenvalue weighted by molar-refractivity contribution is 5.64. The maximum Gasteiger partial charge on any atom is 0.407 e. The largest absolute Gasteiger partial charge is 0.481 e. The first-order chi connectivity index (χ1) is 11.7. The second-order valence-corrected chi connectivity index (χ2v) is 6.77. The van der Waals surface area contributed by atoms with E-state index in [2.05, 4.69) is 16.0 Å². The molecule has 6 heteroatoms. The number of pyridine rings is 1. The lowest BCUT2D eigenvalue weighted by atomic mass is 9.89. The molecule has 6 nitrogen and oxygen atoms in total. The van der Waals surface area contributed by atoms with Crippen molar-refractivity contribution in [1.82, 2.24) is 14.8 Å². The third kappa shape index (κ3) is 3.80. The van der Waals surface area contributed by atoms with Crippen LogP contribution in [-0.4, -0.2) is 65.3 Å². The van der Waals surface area contributed by atoms with Crippen LogP contribution in [0.2, 0.25) is 0 Å². The molecule has 132 valence electrons. The second kappa shape index (κ2) is 7.83. The Morgan fingerprint density at radius 3 is 2.71 bits per heavy atom. The molecule has 24 heavy (non-hydrogen) atoms. The van der Waals surface area contributed by atoms with E-state index in [1.54, 1.807) is 18.2 Å². The van der Waals surface area contributed by atoms with Crippen molar-refractivity contribution in [3.05, 3.63) is 23.9 Å². The number of carbonyl (C=O) groups is 1.